The molecule has 3 aliphatic rings. The van der Waals surface area contributed by atoms with E-state index in [-0.39, 0.29) is 24.2 Å². The summed E-state index contributed by atoms with van der Waals surface area (Å²) >= 11 is 0. The number of ketones is 1. The zero-order chi connectivity index (χ0) is 43.9. The van der Waals surface area contributed by atoms with Gasteiger partial charge in [0.1, 0.15) is 54.6 Å². The number of hydrogen-bond acceptors (Lipinski definition) is 14. The van der Waals surface area contributed by atoms with Gasteiger partial charge >= 0.3 is 23.9 Å². The summed E-state index contributed by atoms with van der Waals surface area (Å²) in [5.74, 6) is -2.23. The predicted octanol–water partition coefficient (Wildman–Crippen LogP) is 5.38. The van der Waals surface area contributed by atoms with Crippen molar-refractivity contribution in [1.29, 1.82) is 0 Å². The Kier molecular flexibility index (Phi) is 17.1. The minimum absolute atomic E-state index is 0.126. The maximum atomic E-state index is 12.8. The molecule has 3 rings (SSSR count). The Labute approximate surface area is 343 Å². The number of esters is 4. The summed E-state index contributed by atoms with van der Waals surface area (Å²) in [4.78, 5) is 61.2. The molecule has 11 atom stereocenters. The monoisotopic (exact) mass is 820 g/mol. The molecule has 1 heterocycles. The van der Waals surface area contributed by atoms with Gasteiger partial charge in [-0.05, 0) is 82.8 Å². The van der Waals surface area contributed by atoms with Crippen LogP contribution in [0.4, 0.5) is 0 Å². The Morgan fingerprint density at radius 1 is 0.897 bits per heavy atom. The van der Waals surface area contributed by atoms with Crippen LogP contribution in [0.5, 0.6) is 0 Å². The Hall–Kier alpha value is -3.43. The molecule has 3 N–H and O–H groups in total. The molecule has 2 aliphatic carbocycles. The smallest absolute Gasteiger partial charge is 0.303 e. The van der Waals surface area contributed by atoms with Crippen LogP contribution in [0.25, 0.3) is 0 Å². The molecule has 9 unspecified atom stereocenters. The van der Waals surface area contributed by atoms with Crippen molar-refractivity contribution in [2.75, 3.05) is 6.61 Å². The average Bonchev–Trinajstić information content (AvgIpc) is 3.10. The summed E-state index contributed by atoms with van der Waals surface area (Å²) in [7, 11) is 0. The highest BCUT2D eigenvalue weighted by Gasteiger charge is 2.55. The first kappa shape index (κ1) is 48.9. The van der Waals surface area contributed by atoms with E-state index in [2.05, 4.69) is 0 Å². The summed E-state index contributed by atoms with van der Waals surface area (Å²) in [5, 5.41) is 31.9. The van der Waals surface area contributed by atoms with Crippen LogP contribution in [0, 0.1) is 22.7 Å². The average molecular weight is 821 g/mol. The van der Waals surface area contributed by atoms with Gasteiger partial charge in [0.2, 0.25) is 0 Å². The van der Waals surface area contributed by atoms with Crippen LogP contribution >= 0.6 is 0 Å². The minimum atomic E-state index is -1.61. The summed E-state index contributed by atoms with van der Waals surface area (Å²) in [6, 6.07) is 0. The van der Waals surface area contributed by atoms with E-state index in [4.69, 9.17) is 28.4 Å². The van der Waals surface area contributed by atoms with Crippen LogP contribution in [0.1, 0.15) is 128 Å². The van der Waals surface area contributed by atoms with Crippen molar-refractivity contribution in [3.63, 3.8) is 0 Å². The van der Waals surface area contributed by atoms with E-state index in [1.807, 2.05) is 67.5 Å². The third kappa shape index (κ3) is 12.5. The second-order valence-electron chi connectivity index (χ2n) is 17.8. The van der Waals surface area contributed by atoms with Gasteiger partial charge in [-0.15, -0.1) is 0 Å². The number of Topliss-reactive ketones (excluding diaryl/α,β-unsaturated/α-hetero) is 1. The fraction of sp³-hybridized carbons (Fsp3) is 0.750. The maximum Gasteiger partial charge on any atom is 0.303 e. The third-order valence-electron chi connectivity index (χ3n) is 12.5. The van der Waals surface area contributed by atoms with Crippen LogP contribution in [0.2, 0.25) is 0 Å². The van der Waals surface area contributed by atoms with Crippen molar-refractivity contribution in [2.45, 2.75) is 183 Å². The highest BCUT2D eigenvalue weighted by atomic mass is 16.7. The molecule has 2 fully saturated rings. The molecule has 328 valence electrons. The SMILES string of the molecule is CC(=O)OCC1OC(OC2CC[C@@](C)(OC(C)=O)[C@H](CC/C(C)=C/CC(/C=C(\C)C(CC3C(C)=CCC(=O)C3(C)C)OC(C)=O)OC(C)=O)C2(C)C)C(O)C(O)C1O. The molecule has 14 nitrogen and oxygen atoms in total. The summed E-state index contributed by atoms with van der Waals surface area (Å²) in [6.45, 7) is 20.4. The zero-order valence-electron chi connectivity index (χ0n) is 36.5. The second-order valence-corrected chi connectivity index (χ2v) is 17.8. The van der Waals surface area contributed by atoms with Gasteiger partial charge in [-0.1, -0.05) is 51.0 Å². The van der Waals surface area contributed by atoms with E-state index in [0.29, 0.717) is 50.5 Å². The van der Waals surface area contributed by atoms with Crippen molar-refractivity contribution in [3.05, 3.63) is 34.9 Å². The van der Waals surface area contributed by atoms with Crippen molar-refractivity contribution in [2.24, 2.45) is 22.7 Å². The summed E-state index contributed by atoms with van der Waals surface area (Å²) in [6.07, 6.45) is -0.191. The van der Waals surface area contributed by atoms with Crippen LogP contribution in [0.15, 0.2) is 34.9 Å². The lowest BCUT2D eigenvalue weighted by atomic mass is 9.58. The predicted molar refractivity (Wildman–Crippen MR) is 213 cm³/mol. The molecular weight excluding hydrogens is 752 g/mol. The lowest BCUT2D eigenvalue weighted by Gasteiger charge is -2.54. The fourth-order valence-corrected chi connectivity index (χ4v) is 9.07. The molecule has 1 aliphatic heterocycles. The number of allylic oxidation sites excluding steroid dienone is 3. The Balaban J connectivity index is 1.83. The number of aliphatic hydroxyl groups is 3. The first-order chi connectivity index (χ1) is 26.8. The molecule has 0 spiro atoms. The number of ether oxygens (including phenoxy) is 6. The van der Waals surface area contributed by atoms with Gasteiger partial charge in [-0.3, -0.25) is 24.0 Å². The van der Waals surface area contributed by atoms with Gasteiger partial charge in [-0.25, -0.2) is 0 Å². The Morgan fingerprint density at radius 3 is 2.12 bits per heavy atom. The molecule has 14 heteroatoms. The molecular formula is C44H68O14. The van der Waals surface area contributed by atoms with Gasteiger partial charge in [0.15, 0.2) is 6.29 Å². The van der Waals surface area contributed by atoms with Crippen LogP contribution in [-0.2, 0) is 52.4 Å². The molecule has 0 aromatic carbocycles. The molecule has 1 saturated carbocycles. The van der Waals surface area contributed by atoms with Gasteiger partial charge in [0.05, 0.1) is 6.10 Å². The molecule has 0 aromatic heterocycles. The van der Waals surface area contributed by atoms with Crippen molar-refractivity contribution >= 4 is 29.7 Å². The van der Waals surface area contributed by atoms with Gasteiger partial charge in [-0.2, -0.15) is 0 Å². The number of aliphatic hydroxyl groups excluding tert-OH is 3. The van der Waals surface area contributed by atoms with E-state index in [1.165, 1.54) is 27.7 Å². The van der Waals surface area contributed by atoms with E-state index < -0.39 is 89.3 Å². The fourth-order valence-electron chi connectivity index (χ4n) is 9.07. The van der Waals surface area contributed by atoms with Crippen LogP contribution in [-0.4, -0.2) is 106 Å². The van der Waals surface area contributed by atoms with Crippen molar-refractivity contribution in [3.8, 4) is 0 Å². The largest absolute Gasteiger partial charge is 0.463 e. The van der Waals surface area contributed by atoms with Gasteiger partial charge in [0, 0.05) is 51.9 Å². The quantitative estimate of drug-likeness (QED) is 0.102. The van der Waals surface area contributed by atoms with E-state index in [1.54, 1.807) is 6.08 Å². The lowest BCUT2D eigenvalue weighted by molar-refractivity contribution is -0.328. The highest BCUT2D eigenvalue weighted by Crippen LogP contribution is 2.52. The summed E-state index contributed by atoms with van der Waals surface area (Å²) < 4.78 is 34.7. The second kappa shape index (κ2) is 20.2. The Morgan fingerprint density at radius 2 is 1.53 bits per heavy atom. The molecule has 0 bridgehead atoms. The first-order valence-electron chi connectivity index (χ1n) is 20.4. The van der Waals surface area contributed by atoms with Crippen molar-refractivity contribution < 1.29 is 67.7 Å². The first-order valence-corrected chi connectivity index (χ1v) is 20.4. The van der Waals surface area contributed by atoms with Crippen molar-refractivity contribution in [1.82, 2.24) is 0 Å². The molecule has 0 aromatic rings. The minimum Gasteiger partial charge on any atom is -0.463 e. The van der Waals surface area contributed by atoms with Gasteiger partial charge in [0.25, 0.3) is 0 Å². The molecule has 1 saturated heterocycles. The molecule has 0 amide bonds. The lowest BCUT2D eigenvalue weighted by Crippen LogP contribution is -2.62. The normalized spacial score (nSPS) is 32.3. The highest BCUT2D eigenvalue weighted by molar-refractivity contribution is 5.87. The third-order valence-corrected chi connectivity index (χ3v) is 12.5. The van der Waals surface area contributed by atoms with E-state index in [0.717, 1.165) is 11.1 Å². The topological polar surface area (TPSA) is 201 Å². The summed E-state index contributed by atoms with van der Waals surface area (Å²) in [5.41, 5.74) is 0.582. The van der Waals surface area contributed by atoms with E-state index >= 15 is 0 Å². The van der Waals surface area contributed by atoms with E-state index in [9.17, 15) is 39.3 Å². The number of carbonyl (C=O) groups is 5. The number of carbonyl (C=O) groups excluding carboxylic acids is 5. The molecule has 0 radical (unpaired) electrons. The molecule has 58 heavy (non-hydrogen) atoms. The zero-order valence-corrected chi connectivity index (χ0v) is 36.5. The standard InChI is InChI=1S/C44H68O14/c1-24(13-16-31(54-28(5)46)21-26(3)33(55-29(6)47)22-32-25(2)15-18-36(49)42(32,8)9)14-17-35-43(10,11)37(19-20-44(35,12)58-30(7)48)57-41-40(52)39(51)38(50)34(56-41)23-53-27(4)45/h13,15,21,31-35,37-41,50-52H,14,16-20,22-23H2,1-12H3/b24-13+,26-21+/t31?,32?,33?,34?,35-,37?,38?,39?,40?,41?,44-/m1/s1. The van der Waals surface area contributed by atoms with Crippen LogP contribution in [0.3, 0.4) is 0 Å². The van der Waals surface area contributed by atoms with Crippen LogP contribution < -0.4 is 0 Å². The van der Waals surface area contributed by atoms with Gasteiger partial charge < -0.3 is 43.7 Å². The Bertz CT molecular complexity index is 1590. The number of hydrogen-bond donors (Lipinski definition) is 3. The maximum absolute atomic E-state index is 12.8. The number of rotatable bonds is 16.